The average Bonchev–Trinajstić information content (AvgIpc) is 2.29. The highest BCUT2D eigenvalue weighted by Gasteiger charge is 2.24. The monoisotopic (exact) mass is 332 g/mol. The second-order valence-corrected chi connectivity index (χ2v) is 16.9. The van der Waals surface area contributed by atoms with Gasteiger partial charge in [-0.05, 0) is 58.5 Å². The second kappa shape index (κ2) is 13.7. The number of rotatable bonds is 11. The van der Waals surface area contributed by atoms with E-state index in [0.717, 1.165) is 12.8 Å². The molecule has 0 unspecified atom stereocenters. The molecule has 21 heavy (non-hydrogen) atoms. The lowest BCUT2D eigenvalue weighted by molar-refractivity contribution is 0.282. The van der Waals surface area contributed by atoms with Crippen molar-refractivity contribution < 1.29 is 9.22 Å². The summed E-state index contributed by atoms with van der Waals surface area (Å²) in [6, 6.07) is 0. The van der Waals surface area contributed by atoms with E-state index in [4.69, 9.17) is 9.22 Å². The summed E-state index contributed by atoms with van der Waals surface area (Å²) in [5, 5.41) is 8.53. The fourth-order valence-electron chi connectivity index (χ4n) is 2.20. The first-order valence-electron chi connectivity index (χ1n) is 8.54. The number of aliphatic hydroxyl groups excluding tert-OH is 1. The Morgan fingerprint density at radius 3 is 1.43 bits per heavy atom. The molecule has 0 rings (SSSR count). The Labute approximate surface area is 136 Å². The topological polar surface area (TPSA) is 29.5 Å². The molecule has 0 atom stereocenters. The van der Waals surface area contributed by atoms with E-state index in [-0.39, 0.29) is 0 Å². The largest absolute Gasteiger partial charge is 0.456 e. The minimum absolute atomic E-state index is 0.358. The third kappa shape index (κ3) is 28.9. The zero-order valence-corrected chi connectivity index (χ0v) is 17.5. The van der Waals surface area contributed by atoms with E-state index in [9.17, 15) is 0 Å². The van der Waals surface area contributed by atoms with E-state index in [1.54, 1.807) is 0 Å². The molecule has 0 aliphatic heterocycles. The average molecular weight is 333 g/mol. The molecule has 0 bridgehead atoms. The molecule has 0 amide bonds. The summed E-state index contributed by atoms with van der Waals surface area (Å²) in [4.78, 5) is 0. The summed E-state index contributed by atoms with van der Waals surface area (Å²) >= 11 is 0. The fourth-order valence-corrected chi connectivity index (χ4v) is 9.55. The summed E-state index contributed by atoms with van der Waals surface area (Å²) < 4.78 is 5.90. The van der Waals surface area contributed by atoms with Gasteiger partial charge in [-0.2, -0.15) is 0 Å². The van der Waals surface area contributed by atoms with Crippen molar-refractivity contribution in [3.63, 3.8) is 0 Å². The molecule has 0 aromatic heterocycles. The van der Waals surface area contributed by atoms with Crippen LogP contribution in [0.5, 0.6) is 0 Å². The van der Waals surface area contributed by atoms with Crippen molar-refractivity contribution in [2.24, 2.45) is 0 Å². The van der Waals surface area contributed by atoms with Crippen molar-refractivity contribution in [2.45, 2.75) is 90.6 Å². The zero-order chi connectivity index (χ0) is 16.8. The second-order valence-electron chi connectivity index (χ2n) is 7.60. The molecule has 0 aromatic rings. The van der Waals surface area contributed by atoms with Gasteiger partial charge in [-0.1, -0.05) is 38.2 Å². The van der Waals surface area contributed by atoms with Gasteiger partial charge in [0.05, 0.1) is 0 Å². The minimum Gasteiger partial charge on any atom is -0.456 e. The van der Waals surface area contributed by atoms with E-state index in [2.05, 4.69) is 45.9 Å². The van der Waals surface area contributed by atoms with E-state index in [1.165, 1.54) is 38.5 Å². The Morgan fingerprint density at radius 2 is 1.14 bits per heavy atom. The highest BCUT2D eigenvalue weighted by molar-refractivity contribution is 6.83. The minimum atomic E-state index is -1.23. The van der Waals surface area contributed by atoms with Gasteiger partial charge in [0.25, 0.3) is 0 Å². The molecular formula is C17H40O2Si2. The lowest BCUT2D eigenvalue weighted by atomic mass is 10.1. The molecule has 0 saturated heterocycles. The Balaban J connectivity index is 0. The summed E-state index contributed by atoms with van der Waals surface area (Å²) in [6.07, 6.45) is 11.9. The maximum atomic E-state index is 8.53. The number of allylic oxidation sites excluding steroid dienone is 1. The molecular weight excluding hydrogens is 292 g/mol. The van der Waals surface area contributed by atoms with Crippen LogP contribution in [-0.2, 0) is 4.12 Å². The first kappa shape index (κ1) is 23.4. The van der Waals surface area contributed by atoms with Gasteiger partial charge in [-0.15, -0.1) is 6.58 Å². The van der Waals surface area contributed by atoms with Gasteiger partial charge >= 0.3 is 0 Å². The lowest BCUT2D eigenvalue weighted by Gasteiger charge is -2.27. The van der Waals surface area contributed by atoms with Crippen LogP contribution < -0.4 is 0 Å². The molecule has 4 heteroatoms. The van der Waals surface area contributed by atoms with Crippen LogP contribution in [0.1, 0.15) is 51.4 Å². The summed E-state index contributed by atoms with van der Waals surface area (Å²) in [5.74, 6) is 0. The van der Waals surface area contributed by atoms with Gasteiger partial charge in [0, 0.05) is 6.61 Å². The number of aliphatic hydroxyl groups is 1. The smallest absolute Gasteiger partial charge is 0.170 e. The Morgan fingerprint density at radius 1 is 0.762 bits per heavy atom. The zero-order valence-electron chi connectivity index (χ0n) is 15.5. The number of unbranched alkanes of at least 4 members (excludes halogenated alkanes) is 7. The third-order valence-corrected chi connectivity index (χ3v) is 7.58. The Bertz CT molecular complexity index is 218. The molecule has 0 spiro atoms. The summed E-state index contributed by atoms with van der Waals surface area (Å²) in [5.41, 5.74) is 0. The third-order valence-electron chi connectivity index (χ3n) is 2.68. The fraction of sp³-hybridized carbons (Fsp3) is 0.882. The molecule has 0 fully saturated rings. The van der Waals surface area contributed by atoms with Crippen molar-refractivity contribution >= 4 is 16.6 Å². The van der Waals surface area contributed by atoms with Crippen LogP contribution in [0.2, 0.25) is 39.3 Å². The van der Waals surface area contributed by atoms with Crippen molar-refractivity contribution in [3.8, 4) is 0 Å². The first-order valence-corrected chi connectivity index (χ1v) is 15.4. The van der Waals surface area contributed by atoms with E-state index in [1.807, 2.05) is 6.08 Å². The molecule has 1 N–H and O–H groups in total. The van der Waals surface area contributed by atoms with Gasteiger partial charge in [0.15, 0.2) is 16.6 Å². The van der Waals surface area contributed by atoms with Crippen LogP contribution in [0.3, 0.4) is 0 Å². The van der Waals surface area contributed by atoms with Crippen LogP contribution in [0.25, 0.3) is 0 Å². The molecule has 0 radical (unpaired) electrons. The van der Waals surface area contributed by atoms with E-state index in [0.29, 0.717) is 6.61 Å². The Hall–Kier alpha value is 0.0938. The Kier molecular flexibility index (Phi) is 15.3. The molecule has 0 aromatic carbocycles. The van der Waals surface area contributed by atoms with Crippen LogP contribution in [0, 0.1) is 0 Å². The van der Waals surface area contributed by atoms with Crippen LogP contribution in [-0.4, -0.2) is 28.3 Å². The van der Waals surface area contributed by atoms with E-state index >= 15 is 0 Å². The van der Waals surface area contributed by atoms with Gasteiger partial charge in [-0.3, -0.25) is 0 Å². The first-order chi connectivity index (χ1) is 9.62. The van der Waals surface area contributed by atoms with E-state index < -0.39 is 16.6 Å². The van der Waals surface area contributed by atoms with Crippen molar-refractivity contribution in [1.29, 1.82) is 0 Å². The predicted molar refractivity (Wildman–Crippen MR) is 102 cm³/mol. The van der Waals surface area contributed by atoms with Gasteiger partial charge in [0.2, 0.25) is 0 Å². The maximum Gasteiger partial charge on any atom is 0.170 e. The van der Waals surface area contributed by atoms with Gasteiger partial charge in [-0.25, -0.2) is 0 Å². The molecule has 2 nitrogen and oxygen atoms in total. The van der Waals surface area contributed by atoms with Crippen LogP contribution >= 0.6 is 0 Å². The SMILES string of the molecule is C=CCCCCCCCCCO.C[Si](C)(C)O[Si](C)(C)C. The molecule has 0 saturated carbocycles. The standard InChI is InChI=1S/C11H22O.C6H18OSi2/c1-2-3-4-5-6-7-8-9-10-11-12;1-8(2,3)7-9(4,5)6/h2,12H,1,3-11H2;1-6H3. The predicted octanol–water partition coefficient (Wildman–Crippen LogP) is 5.96. The van der Waals surface area contributed by atoms with Gasteiger partial charge in [0.1, 0.15) is 0 Å². The summed E-state index contributed by atoms with van der Waals surface area (Å²) in [6.45, 7) is 17.5. The van der Waals surface area contributed by atoms with Crippen LogP contribution in [0.4, 0.5) is 0 Å². The molecule has 128 valence electrons. The summed E-state index contributed by atoms with van der Waals surface area (Å²) in [7, 11) is -2.46. The van der Waals surface area contributed by atoms with Crippen molar-refractivity contribution in [3.05, 3.63) is 12.7 Å². The van der Waals surface area contributed by atoms with Gasteiger partial charge < -0.3 is 9.22 Å². The lowest BCUT2D eigenvalue weighted by Crippen LogP contribution is -2.39. The normalized spacial score (nSPS) is 11.8. The van der Waals surface area contributed by atoms with Crippen molar-refractivity contribution in [2.75, 3.05) is 6.61 Å². The highest BCUT2D eigenvalue weighted by Crippen LogP contribution is 2.12. The molecule has 0 aliphatic rings. The maximum absolute atomic E-state index is 8.53. The number of hydrogen-bond acceptors (Lipinski definition) is 2. The quantitative estimate of drug-likeness (QED) is 0.287. The highest BCUT2D eigenvalue weighted by atomic mass is 28.4. The number of hydrogen-bond donors (Lipinski definition) is 1. The molecule has 0 aliphatic carbocycles. The van der Waals surface area contributed by atoms with Crippen molar-refractivity contribution in [1.82, 2.24) is 0 Å². The molecule has 0 heterocycles. The van der Waals surface area contributed by atoms with Crippen LogP contribution in [0.15, 0.2) is 12.7 Å².